The van der Waals surface area contributed by atoms with E-state index in [-0.39, 0.29) is 0 Å². The first-order chi connectivity index (χ1) is 9.86. The van der Waals surface area contributed by atoms with Gasteiger partial charge in [-0.1, -0.05) is 18.2 Å². The van der Waals surface area contributed by atoms with Crippen molar-refractivity contribution in [3.8, 4) is 0 Å². The molecule has 1 aromatic carbocycles. The van der Waals surface area contributed by atoms with Gasteiger partial charge >= 0.3 is 0 Å². The average Bonchev–Trinajstić information content (AvgIpc) is 3.03. The zero-order valence-electron chi connectivity index (χ0n) is 12.3. The standard InChI is InChI=1S/C16H25N3S/c1-20-16-5-3-2-4-14(16)13-18-8-10-19(11-9-18)15-6-7-17-12-15/h2-5,15,17H,6-13H2,1H3/t15-/m0/s1. The van der Waals surface area contributed by atoms with Gasteiger partial charge in [0.25, 0.3) is 0 Å². The molecule has 0 unspecified atom stereocenters. The van der Waals surface area contributed by atoms with Crippen LogP contribution in [0.25, 0.3) is 0 Å². The molecule has 2 fully saturated rings. The molecule has 0 bridgehead atoms. The predicted octanol–water partition coefficient (Wildman–Crippen LogP) is 1.89. The Balaban J connectivity index is 1.53. The monoisotopic (exact) mass is 291 g/mol. The lowest BCUT2D eigenvalue weighted by atomic mass is 10.1. The number of thioether (sulfide) groups is 1. The minimum atomic E-state index is 0.788. The SMILES string of the molecule is CSc1ccccc1CN1CCN([C@H]2CCNC2)CC1. The first-order valence-corrected chi connectivity index (χ1v) is 8.88. The van der Waals surface area contributed by atoms with Crippen LogP contribution in [0.5, 0.6) is 0 Å². The van der Waals surface area contributed by atoms with E-state index in [4.69, 9.17) is 0 Å². The molecule has 0 saturated carbocycles. The van der Waals surface area contributed by atoms with Crippen LogP contribution in [0.15, 0.2) is 29.2 Å². The van der Waals surface area contributed by atoms with Gasteiger partial charge in [0, 0.05) is 50.2 Å². The Morgan fingerprint density at radius 2 is 2.00 bits per heavy atom. The van der Waals surface area contributed by atoms with E-state index in [1.807, 2.05) is 11.8 Å². The summed E-state index contributed by atoms with van der Waals surface area (Å²) in [6.07, 6.45) is 3.50. The highest BCUT2D eigenvalue weighted by atomic mass is 32.2. The third kappa shape index (κ3) is 3.37. The quantitative estimate of drug-likeness (QED) is 0.854. The first kappa shape index (κ1) is 14.4. The molecule has 1 aromatic rings. The molecular formula is C16H25N3S. The summed E-state index contributed by atoms with van der Waals surface area (Å²) in [4.78, 5) is 6.71. The third-order valence-electron chi connectivity index (χ3n) is 4.54. The fourth-order valence-corrected chi connectivity index (χ4v) is 3.92. The molecule has 3 rings (SSSR count). The molecule has 3 nitrogen and oxygen atoms in total. The fraction of sp³-hybridized carbons (Fsp3) is 0.625. The number of piperazine rings is 1. The van der Waals surface area contributed by atoms with Crippen LogP contribution in [-0.2, 0) is 6.54 Å². The summed E-state index contributed by atoms with van der Waals surface area (Å²) in [5.74, 6) is 0. The summed E-state index contributed by atoms with van der Waals surface area (Å²) in [6, 6.07) is 9.60. The lowest BCUT2D eigenvalue weighted by Crippen LogP contribution is -2.50. The largest absolute Gasteiger partial charge is 0.315 e. The zero-order valence-corrected chi connectivity index (χ0v) is 13.2. The second kappa shape index (κ2) is 6.94. The van der Waals surface area contributed by atoms with E-state index in [0.29, 0.717) is 0 Å². The van der Waals surface area contributed by atoms with Crippen LogP contribution in [-0.4, -0.2) is 61.4 Å². The number of hydrogen-bond acceptors (Lipinski definition) is 4. The van der Waals surface area contributed by atoms with Crippen molar-refractivity contribution in [2.75, 3.05) is 45.5 Å². The molecule has 1 N–H and O–H groups in total. The molecule has 2 saturated heterocycles. The van der Waals surface area contributed by atoms with E-state index in [2.05, 4.69) is 45.6 Å². The van der Waals surface area contributed by atoms with Crippen LogP contribution in [0.4, 0.5) is 0 Å². The summed E-state index contributed by atoms with van der Waals surface area (Å²) in [5.41, 5.74) is 1.48. The Hall–Kier alpha value is -0.550. The van der Waals surface area contributed by atoms with Gasteiger partial charge in [-0.15, -0.1) is 11.8 Å². The van der Waals surface area contributed by atoms with E-state index < -0.39 is 0 Å². The van der Waals surface area contributed by atoms with Crippen molar-refractivity contribution in [3.05, 3.63) is 29.8 Å². The van der Waals surface area contributed by atoms with Gasteiger partial charge in [0.1, 0.15) is 0 Å². The Morgan fingerprint density at radius 3 is 2.70 bits per heavy atom. The van der Waals surface area contributed by atoms with Crippen LogP contribution in [0, 0.1) is 0 Å². The van der Waals surface area contributed by atoms with Gasteiger partial charge in [-0.25, -0.2) is 0 Å². The fourth-order valence-electron chi connectivity index (χ4n) is 3.31. The Labute approximate surface area is 126 Å². The third-order valence-corrected chi connectivity index (χ3v) is 5.38. The van der Waals surface area contributed by atoms with Crippen LogP contribution in [0.1, 0.15) is 12.0 Å². The Morgan fingerprint density at radius 1 is 1.20 bits per heavy atom. The summed E-state index contributed by atoms with van der Waals surface area (Å²) in [6.45, 7) is 8.37. The molecule has 110 valence electrons. The number of nitrogens with one attached hydrogen (secondary N) is 1. The minimum Gasteiger partial charge on any atom is -0.315 e. The van der Waals surface area contributed by atoms with Crippen molar-refractivity contribution in [2.24, 2.45) is 0 Å². The number of benzene rings is 1. The number of hydrogen-bond donors (Lipinski definition) is 1. The van der Waals surface area contributed by atoms with E-state index >= 15 is 0 Å². The molecule has 2 aliphatic heterocycles. The molecule has 0 amide bonds. The maximum Gasteiger partial charge on any atom is 0.0245 e. The van der Waals surface area contributed by atoms with Gasteiger partial charge in [0.2, 0.25) is 0 Å². The first-order valence-electron chi connectivity index (χ1n) is 7.66. The molecule has 4 heteroatoms. The van der Waals surface area contributed by atoms with E-state index in [1.54, 1.807) is 0 Å². The lowest BCUT2D eigenvalue weighted by Gasteiger charge is -2.38. The second-order valence-corrected chi connectivity index (χ2v) is 6.62. The van der Waals surface area contributed by atoms with Gasteiger partial charge in [0.05, 0.1) is 0 Å². The Bertz CT molecular complexity index is 423. The summed E-state index contributed by atoms with van der Waals surface area (Å²) >= 11 is 1.86. The minimum absolute atomic E-state index is 0.788. The smallest absolute Gasteiger partial charge is 0.0245 e. The molecule has 0 aliphatic carbocycles. The molecule has 1 atom stereocenters. The molecule has 2 heterocycles. The van der Waals surface area contributed by atoms with E-state index in [9.17, 15) is 0 Å². The summed E-state index contributed by atoms with van der Waals surface area (Å²) in [5, 5.41) is 3.48. The molecular weight excluding hydrogens is 266 g/mol. The van der Waals surface area contributed by atoms with Gasteiger partial charge in [-0.2, -0.15) is 0 Å². The van der Waals surface area contributed by atoms with Crippen molar-refractivity contribution >= 4 is 11.8 Å². The van der Waals surface area contributed by atoms with Crippen molar-refractivity contribution in [1.82, 2.24) is 15.1 Å². The van der Waals surface area contributed by atoms with Crippen molar-refractivity contribution in [2.45, 2.75) is 23.9 Å². The molecule has 2 aliphatic rings. The molecule has 0 radical (unpaired) electrons. The second-order valence-electron chi connectivity index (χ2n) is 5.77. The number of rotatable bonds is 4. The number of nitrogens with zero attached hydrogens (tertiary/aromatic N) is 2. The van der Waals surface area contributed by atoms with Crippen LogP contribution in [0.2, 0.25) is 0 Å². The summed E-state index contributed by atoms with van der Waals surface area (Å²) < 4.78 is 0. The highest BCUT2D eigenvalue weighted by Crippen LogP contribution is 2.22. The van der Waals surface area contributed by atoms with Crippen LogP contribution >= 0.6 is 11.8 Å². The van der Waals surface area contributed by atoms with Crippen LogP contribution in [0.3, 0.4) is 0 Å². The van der Waals surface area contributed by atoms with Crippen molar-refractivity contribution in [1.29, 1.82) is 0 Å². The van der Waals surface area contributed by atoms with Crippen molar-refractivity contribution in [3.63, 3.8) is 0 Å². The van der Waals surface area contributed by atoms with Gasteiger partial charge < -0.3 is 5.32 Å². The molecule has 0 aromatic heterocycles. The molecule has 20 heavy (non-hydrogen) atoms. The topological polar surface area (TPSA) is 18.5 Å². The highest BCUT2D eigenvalue weighted by molar-refractivity contribution is 7.98. The summed E-state index contributed by atoms with van der Waals surface area (Å²) in [7, 11) is 0. The molecule has 0 spiro atoms. The maximum atomic E-state index is 3.48. The highest BCUT2D eigenvalue weighted by Gasteiger charge is 2.25. The predicted molar refractivity (Wildman–Crippen MR) is 86.3 cm³/mol. The van der Waals surface area contributed by atoms with Gasteiger partial charge in [-0.05, 0) is 30.9 Å². The van der Waals surface area contributed by atoms with Crippen molar-refractivity contribution < 1.29 is 0 Å². The van der Waals surface area contributed by atoms with E-state index in [1.165, 1.54) is 56.1 Å². The normalized spacial score (nSPS) is 25.1. The lowest BCUT2D eigenvalue weighted by molar-refractivity contribution is 0.0977. The van der Waals surface area contributed by atoms with Gasteiger partial charge in [-0.3, -0.25) is 9.80 Å². The van der Waals surface area contributed by atoms with Gasteiger partial charge in [0.15, 0.2) is 0 Å². The zero-order chi connectivity index (χ0) is 13.8. The van der Waals surface area contributed by atoms with E-state index in [0.717, 1.165) is 12.6 Å². The van der Waals surface area contributed by atoms with Crippen LogP contribution < -0.4 is 5.32 Å². The Kier molecular flexibility index (Phi) is 4.99. The maximum absolute atomic E-state index is 3.48. The average molecular weight is 291 g/mol.